The van der Waals surface area contributed by atoms with Crippen LogP contribution in [0.1, 0.15) is 38.4 Å². The average Bonchev–Trinajstić information content (AvgIpc) is 3.22. The van der Waals surface area contributed by atoms with Gasteiger partial charge in [0.25, 0.3) is 0 Å². The van der Waals surface area contributed by atoms with E-state index >= 15 is 0 Å². The van der Waals surface area contributed by atoms with Gasteiger partial charge in [0.15, 0.2) is 11.7 Å². The highest BCUT2D eigenvalue weighted by atomic mass is 16.3. The zero-order valence-corrected chi connectivity index (χ0v) is 13.7. The Kier molecular flexibility index (Phi) is 4.95. The van der Waals surface area contributed by atoms with E-state index in [4.69, 9.17) is 4.42 Å². The molecule has 1 fully saturated rings. The number of guanidine groups is 1. The van der Waals surface area contributed by atoms with Crippen LogP contribution < -0.4 is 10.6 Å². The van der Waals surface area contributed by atoms with Crippen LogP contribution in [0.25, 0.3) is 11.6 Å². The van der Waals surface area contributed by atoms with Crippen LogP contribution >= 0.6 is 0 Å². The van der Waals surface area contributed by atoms with Gasteiger partial charge in [0, 0.05) is 13.1 Å². The first kappa shape index (κ1) is 15.6. The summed E-state index contributed by atoms with van der Waals surface area (Å²) in [5, 5.41) is 13.9. The number of aromatic amines is 1. The molecule has 0 aromatic carbocycles. The minimum atomic E-state index is 0.498. The number of nitrogens with zero attached hydrogens (tertiary/aromatic N) is 3. The molecule has 0 saturated heterocycles. The van der Waals surface area contributed by atoms with E-state index in [1.54, 1.807) is 13.3 Å². The van der Waals surface area contributed by atoms with Crippen molar-refractivity contribution in [3.8, 4) is 11.6 Å². The van der Waals surface area contributed by atoms with Gasteiger partial charge in [-0.3, -0.25) is 10.1 Å². The van der Waals surface area contributed by atoms with Crippen LogP contribution in [-0.4, -0.2) is 34.2 Å². The summed E-state index contributed by atoms with van der Waals surface area (Å²) in [4.78, 5) is 8.70. The number of furan rings is 1. The lowest BCUT2D eigenvalue weighted by Crippen LogP contribution is -2.44. The van der Waals surface area contributed by atoms with Crippen molar-refractivity contribution >= 4 is 5.96 Å². The van der Waals surface area contributed by atoms with E-state index in [2.05, 4.69) is 37.7 Å². The summed E-state index contributed by atoms with van der Waals surface area (Å²) in [6.07, 6.45) is 6.63. The SMILES string of the molecule is CN=C(NCc1nc(-c2ccco2)n[nH]1)NC1CCCC(C)C1. The van der Waals surface area contributed by atoms with E-state index < -0.39 is 0 Å². The van der Waals surface area contributed by atoms with Gasteiger partial charge in [0.05, 0.1) is 12.8 Å². The molecule has 2 aromatic rings. The Morgan fingerprint density at radius 3 is 3.13 bits per heavy atom. The summed E-state index contributed by atoms with van der Waals surface area (Å²) in [6.45, 7) is 2.85. The summed E-state index contributed by atoms with van der Waals surface area (Å²) in [7, 11) is 1.79. The van der Waals surface area contributed by atoms with Crippen molar-refractivity contribution in [2.75, 3.05) is 7.05 Å². The Morgan fingerprint density at radius 2 is 2.39 bits per heavy atom. The Balaban J connectivity index is 1.52. The van der Waals surface area contributed by atoms with E-state index in [9.17, 15) is 0 Å². The minimum absolute atomic E-state index is 0.498. The lowest BCUT2D eigenvalue weighted by molar-refractivity contribution is 0.324. The molecule has 7 nitrogen and oxygen atoms in total. The van der Waals surface area contributed by atoms with Crippen LogP contribution in [0, 0.1) is 5.92 Å². The van der Waals surface area contributed by atoms with Crippen LogP contribution in [-0.2, 0) is 6.54 Å². The second kappa shape index (κ2) is 7.30. The molecule has 0 radical (unpaired) electrons. The molecule has 2 aromatic heterocycles. The van der Waals surface area contributed by atoms with Crippen LogP contribution in [0.3, 0.4) is 0 Å². The Morgan fingerprint density at radius 1 is 1.48 bits per heavy atom. The molecule has 1 saturated carbocycles. The maximum atomic E-state index is 5.29. The van der Waals surface area contributed by atoms with Crippen molar-refractivity contribution in [1.29, 1.82) is 0 Å². The number of hydrogen-bond donors (Lipinski definition) is 3. The third kappa shape index (κ3) is 4.12. The molecule has 0 spiro atoms. The van der Waals surface area contributed by atoms with Crippen molar-refractivity contribution in [3.05, 3.63) is 24.2 Å². The van der Waals surface area contributed by atoms with Gasteiger partial charge in [-0.25, -0.2) is 4.98 Å². The smallest absolute Gasteiger partial charge is 0.216 e. The zero-order valence-electron chi connectivity index (χ0n) is 13.7. The van der Waals surface area contributed by atoms with Gasteiger partial charge in [-0.15, -0.1) is 5.10 Å². The van der Waals surface area contributed by atoms with Gasteiger partial charge >= 0.3 is 0 Å². The summed E-state index contributed by atoms with van der Waals surface area (Å²) in [5.74, 6) is 3.56. The first-order valence-electron chi connectivity index (χ1n) is 8.17. The fourth-order valence-electron chi connectivity index (χ4n) is 3.01. The quantitative estimate of drug-likeness (QED) is 0.595. The van der Waals surface area contributed by atoms with Crippen molar-refractivity contribution in [2.45, 2.75) is 45.2 Å². The second-order valence-corrected chi connectivity index (χ2v) is 6.12. The summed E-state index contributed by atoms with van der Waals surface area (Å²) in [6, 6.07) is 4.16. The van der Waals surface area contributed by atoms with E-state index in [1.807, 2.05) is 12.1 Å². The van der Waals surface area contributed by atoms with E-state index in [0.29, 0.717) is 24.2 Å². The molecule has 2 atom stereocenters. The van der Waals surface area contributed by atoms with Crippen LogP contribution in [0.15, 0.2) is 27.8 Å². The molecule has 124 valence electrons. The fourth-order valence-corrected chi connectivity index (χ4v) is 3.01. The molecule has 0 amide bonds. The molecule has 3 N–H and O–H groups in total. The fraction of sp³-hybridized carbons (Fsp3) is 0.562. The summed E-state index contributed by atoms with van der Waals surface area (Å²) >= 11 is 0. The second-order valence-electron chi connectivity index (χ2n) is 6.12. The van der Waals surface area contributed by atoms with Crippen molar-refractivity contribution in [2.24, 2.45) is 10.9 Å². The predicted molar refractivity (Wildman–Crippen MR) is 88.8 cm³/mol. The number of H-pyrrole nitrogens is 1. The van der Waals surface area contributed by atoms with E-state index in [0.717, 1.165) is 17.7 Å². The topological polar surface area (TPSA) is 91.1 Å². The Bertz CT molecular complexity index is 633. The maximum absolute atomic E-state index is 5.29. The van der Waals surface area contributed by atoms with Gasteiger partial charge in [-0.1, -0.05) is 19.8 Å². The number of rotatable bonds is 4. The molecule has 2 unspecified atom stereocenters. The summed E-state index contributed by atoms with van der Waals surface area (Å²) in [5.41, 5.74) is 0. The molecule has 2 heterocycles. The predicted octanol–water partition coefficient (Wildman–Crippen LogP) is 2.31. The molecule has 0 bridgehead atoms. The van der Waals surface area contributed by atoms with Crippen LogP contribution in [0.2, 0.25) is 0 Å². The monoisotopic (exact) mass is 316 g/mol. The normalized spacial score (nSPS) is 22.1. The largest absolute Gasteiger partial charge is 0.461 e. The van der Waals surface area contributed by atoms with Crippen LogP contribution in [0.5, 0.6) is 0 Å². The highest BCUT2D eigenvalue weighted by molar-refractivity contribution is 5.79. The molecule has 23 heavy (non-hydrogen) atoms. The van der Waals surface area contributed by atoms with Gasteiger partial charge in [0.1, 0.15) is 5.82 Å². The molecule has 3 rings (SSSR count). The highest BCUT2D eigenvalue weighted by Gasteiger charge is 2.19. The average molecular weight is 316 g/mol. The lowest BCUT2D eigenvalue weighted by atomic mass is 9.87. The van der Waals surface area contributed by atoms with Gasteiger partial charge in [-0.2, -0.15) is 0 Å². The van der Waals surface area contributed by atoms with Gasteiger partial charge < -0.3 is 15.1 Å². The number of hydrogen-bond acceptors (Lipinski definition) is 4. The van der Waals surface area contributed by atoms with Crippen molar-refractivity contribution in [3.63, 3.8) is 0 Å². The first-order valence-corrected chi connectivity index (χ1v) is 8.17. The van der Waals surface area contributed by atoms with Crippen LogP contribution in [0.4, 0.5) is 0 Å². The molecular weight excluding hydrogens is 292 g/mol. The standard InChI is InChI=1S/C16H24N6O/c1-11-5-3-6-12(9-11)19-16(17-2)18-10-14-20-15(22-21-14)13-7-4-8-23-13/h4,7-8,11-12H,3,5-6,9-10H2,1-2H3,(H2,17,18,19)(H,20,21,22). The maximum Gasteiger partial charge on any atom is 0.216 e. The molecule has 7 heteroatoms. The molecule has 1 aliphatic carbocycles. The molecule has 1 aliphatic rings. The van der Waals surface area contributed by atoms with Crippen molar-refractivity contribution in [1.82, 2.24) is 25.8 Å². The third-order valence-electron chi connectivity index (χ3n) is 4.20. The highest BCUT2D eigenvalue weighted by Crippen LogP contribution is 2.23. The Labute approximate surface area is 136 Å². The minimum Gasteiger partial charge on any atom is -0.461 e. The van der Waals surface area contributed by atoms with E-state index in [1.165, 1.54) is 25.7 Å². The number of aromatic nitrogens is 3. The first-order chi connectivity index (χ1) is 11.2. The number of nitrogens with one attached hydrogen (secondary N) is 3. The Hall–Kier alpha value is -2.31. The molecule has 0 aliphatic heterocycles. The lowest BCUT2D eigenvalue weighted by Gasteiger charge is -2.28. The number of aliphatic imine (C=N–C) groups is 1. The van der Waals surface area contributed by atoms with Gasteiger partial charge in [-0.05, 0) is 30.9 Å². The van der Waals surface area contributed by atoms with Gasteiger partial charge in [0.2, 0.25) is 5.82 Å². The summed E-state index contributed by atoms with van der Waals surface area (Å²) < 4.78 is 5.29. The zero-order chi connectivity index (χ0) is 16.1. The third-order valence-corrected chi connectivity index (χ3v) is 4.20. The molecular formula is C16H24N6O. The van der Waals surface area contributed by atoms with E-state index in [-0.39, 0.29) is 0 Å². The van der Waals surface area contributed by atoms with Crippen molar-refractivity contribution < 1.29 is 4.42 Å².